The predicted molar refractivity (Wildman–Crippen MR) is 78.5 cm³/mol. The van der Waals surface area contributed by atoms with E-state index in [-0.39, 0.29) is 12.2 Å². The van der Waals surface area contributed by atoms with Crippen LogP contribution in [0, 0.1) is 11.3 Å². The van der Waals surface area contributed by atoms with Gasteiger partial charge in [-0.3, -0.25) is 0 Å². The van der Waals surface area contributed by atoms with E-state index in [4.69, 9.17) is 10.00 Å². The Labute approximate surface area is 117 Å². The van der Waals surface area contributed by atoms with Crippen molar-refractivity contribution in [3.63, 3.8) is 0 Å². The third-order valence-electron chi connectivity index (χ3n) is 2.88. The Morgan fingerprint density at radius 2 is 2.25 bits per heavy atom. The smallest absolute Gasteiger partial charge is 0.348 e. The zero-order valence-corrected chi connectivity index (χ0v) is 11.2. The number of rotatable bonds is 4. The molecule has 1 aromatic heterocycles. The summed E-state index contributed by atoms with van der Waals surface area (Å²) in [5, 5.41) is 10.0. The van der Waals surface area contributed by atoms with Crippen LogP contribution < -0.4 is 0 Å². The molecule has 1 aromatic carbocycles. The van der Waals surface area contributed by atoms with Crippen molar-refractivity contribution in [1.29, 1.82) is 5.26 Å². The van der Waals surface area contributed by atoms with Crippen LogP contribution >= 0.6 is 0 Å². The zero-order chi connectivity index (χ0) is 14.5. The molecule has 0 saturated carbocycles. The normalized spacial score (nSPS) is 11.1. The Balaban J connectivity index is 2.55. The molecule has 0 aliphatic carbocycles. The molecule has 2 aromatic rings. The van der Waals surface area contributed by atoms with Crippen LogP contribution in [0.2, 0.25) is 0 Å². The van der Waals surface area contributed by atoms with Gasteiger partial charge in [-0.2, -0.15) is 5.26 Å². The molecular formula is C16H14N2O2. The highest BCUT2D eigenvalue weighted by Gasteiger charge is 2.12. The minimum absolute atomic E-state index is 0.0150. The second-order valence-corrected chi connectivity index (χ2v) is 4.08. The maximum absolute atomic E-state index is 11.7. The second kappa shape index (κ2) is 5.89. The fourth-order valence-corrected chi connectivity index (χ4v) is 2.00. The highest BCUT2D eigenvalue weighted by Crippen LogP contribution is 2.23. The Bertz CT molecular complexity index is 733. The van der Waals surface area contributed by atoms with Crippen LogP contribution in [0.1, 0.15) is 12.5 Å². The van der Waals surface area contributed by atoms with Crippen molar-refractivity contribution in [2.45, 2.75) is 6.92 Å². The van der Waals surface area contributed by atoms with Crippen LogP contribution in [0.15, 0.2) is 42.6 Å². The van der Waals surface area contributed by atoms with Crippen molar-refractivity contribution in [3.05, 3.63) is 48.2 Å². The number of carbonyl (C=O) groups excluding carboxylic acids is 1. The van der Waals surface area contributed by atoms with E-state index in [0.29, 0.717) is 0 Å². The van der Waals surface area contributed by atoms with Crippen LogP contribution in [0.25, 0.3) is 23.2 Å². The molecule has 0 aliphatic rings. The lowest BCUT2D eigenvalue weighted by Gasteiger charge is -1.98. The number of ether oxygens (including phenoxy) is 1. The fraction of sp³-hybridized carbons (Fsp3) is 0.125. The van der Waals surface area contributed by atoms with Crippen molar-refractivity contribution >= 4 is 29.1 Å². The van der Waals surface area contributed by atoms with Gasteiger partial charge in [-0.25, -0.2) is 4.79 Å². The molecule has 0 atom stereocenters. The lowest BCUT2D eigenvalue weighted by molar-refractivity contribution is -0.137. The van der Waals surface area contributed by atoms with Gasteiger partial charge in [-0.15, -0.1) is 0 Å². The number of hydrogen-bond acceptors (Lipinski definition) is 3. The van der Waals surface area contributed by atoms with Crippen molar-refractivity contribution < 1.29 is 9.53 Å². The Morgan fingerprint density at radius 1 is 1.50 bits per heavy atom. The van der Waals surface area contributed by atoms with Crippen molar-refractivity contribution in [3.8, 4) is 6.07 Å². The van der Waals surface area contributed by atoms with Crippen molar-refractivity contribution in [2.24, 2.45) is 0 Å². The monoisotopic (exact) mass is 266 g/mol. The fourth-order valence-electron chi connectivity index (χ4n) is 2.00. The first kappa shape index (κ1) is 13.6. The van der Waals surface area contributed by atoms with Gasteiger partial charge in [0.15, 0.2) is 0 Å². The van der Waals surface area contributed by atoms with E-state index in [2.05, 4.69) is 6.58 Å². The van der Waals surface area contributed by atoms with E-state index >= 15 is 0 Å². The van der Waals surface area contributed by atoms with Gasteiger partial charge in [0, 0.05) is 23.3 Å². The van der Waals surface area contributed by atoms with E-state index in [1.165, 1.54) is 0 Å². The van der Waals surface area contributed by atoms with Crippen LogP contribution in [-0.4, -0.2) is 17.1 Å². The molecule has 4 nitrogen and oxygen atoms in total. The van der Waals surface area contributed by atoms with Crippen molar-refractivity contribution in [2.75, 3.05) is 6.61 Å². The number of nitrogens with zero attached hydrogens (tertiary/aromatic N) is 2. The van der Waals surface area contributed by atoms with Gasteiger partial charge < -0.3 is 9.30 Å². The topological polar surface area (TPSA) is 55.0 Å². The largest absolute Gasteiger partial charge is 0.462 e. The molecule has 2 rings (SSSR count). The first-order chi connectivity index (χ1) is 9.71. The van der Waals surface area contributed by atoms with E-state index < -0.39 is 5.97 Å². The zero-order valence-electron chi connectivity index (χ0n) is 11.2. The van der Waals surface area contributed by atoms with Crippen LogP contribution in [0.5, 0.6) is 0 Å². The summed E-state index contributed by atoms with van der Waals surface area (Å²) in [4.78, 5) is 11.7. The molecule has 0 radical (unpaired) electrons. The van der Waals surface area contributed by atoms with Gasteiger partial charge in [0.2, 0.25) is 0 Å². The summed E-state index contributed by atoms with van der Waals surface area (Å²) in [5.74, 6) is -0.606. The molecule has 4 heteroatoms. The summed E-state index contributed by atoms with van der Waals surface area (Å²) in [7, 11) is 0. The van der Waals surface area contributed by atoms with Crippen molar-refractivity contribution in [1.82, 2.24) is 4.57 Å². The number of carbonyl (C=O) groups is 1. The summed E-state index contributed by atoms with van der Waals surface area (Å²) in [6, 6.07) is 9.59. The molecule has 0 N–H and O–H groups in total. The van der Waals surface area contributed by atoms with Crippen LogP contribution in [0.4, 0.5) is 0 Å². The number of hydrogen-bond donors (Lipinski definition) is 0. The lowest BCUT2D eigenvalue weighted by atomic mass is 10.1. The Kier molecular flexibility index (Phi) is 4.02. The number of nitriles is 1. The first-order valence-corrected chi connectivity index (χ1v) is 6.22. The highest BCUT2D eigenvalue weighted by atomic mass is 16.5. The van der Waals surface area contributed by atoms with E-state index in [9.17, 15) is 4.79 Å². The molecule has 100 valence electrons. The van der Waals surface area contributed by atoms with Gasteiger partial charge in [0.25, 0.3) is 0 Å². The quantitative estimate of drug-likeness (QED) is 0.485. The number of fused-ring (bicyclic) bond motifs is 1. The number of benzene rings is 1. The summed E-state index contributed by atoms with van der Waals surface area (Å²) in [5.41, 5.74) is 1.74. The summed E-state index contributed by atoms with van der Waals surface area (Å²) in [6.07, 6.45) is 5.05. The minimum atomic E-state index is -0.606. The molecule has 0 saturated heterocycles. The van der Waals surface area contributed by atoms with E-state index in [1.54, 1.807) is 19.2 Å². The van der Waals surface area contributed by atoms with Crippen LogP contribution in [-0.2, 0) is 9.53 Å². The minimum Gasteiger partial charge on any atom is -0.462 e. The molecule has 0 fully saturated rings. The predicted octanol–water partition coefficient (Wildman–Crippen LogP) is 3.21. The summed E-state index contributed by atoms with van der Waals surface area (Å²) >= 11 is 0. The van der Waals surface area contributed by atoms with E-state index in [0.717, 1.165) is 16.5 Å². The highest BCUT2D eigenvalue weighted by molar-refractivity contribution is 6.01. The van der Waals surface area contributed by atoms with Gasteiger partial charge in [0.1, 0.15) is 11.6 Å². The van der Waals surface area contributed by atoms with Gasteiger partial charge >= 0.3 is 5.97 Å². The average Bonchev–Trinajstić information content (AvgIpc) is 2.83. The van der Waals surface area contributed by atoms with Crippen LogP contribution in [0.3, 0.4) is 0 Å². The van der Waals surface area contributed by atoms with Gasteiger partial charge in [-0.1, -0.05) is 24.8 Å². The Morgan fingerprint density at radius 3 is 2.90 bits per heavy atom. The molecule has 0 spiro atoms. The maximum atomic E-state index is 11.7. The first-order valence-electron chi connectivity index (χ1n) is 6.22. The number of aromatic nitrogens is 1. The molecule has 0 unspecified atom stereocenters. The summed E-state index contributed by atoms with van der Waals surface area (Å²) < 4.78 is 6.70. The van der Waals surface area contributed by atoms with E-state index in [1.807, 2.05) is 41.1 Å². The van der Waals surface area contributed by atoms with Gasteiger partial charge in [-0.05, 0) is 19.1 Å². The lowest BCUT2D eigenvalue weighted by Crippen LogP contribution is -2.05. The Hall–Kier alpha value is -2.80. The maximum Gasteiger partial charge on any atom is 0.348 e. The third kappa shape index (κ3) is 2.47. The third-order valence-corrected chi connectivity index (χ3v) is 2.88. The number of esters is 1. The SMILES string of the molecule is C=Cn1cc(/C=C(\C#N)C(=O)OCC)c2ccccc21. The number of para-hydroxylation sites is 1. The second-order valence-electron chi connectivity index (χ2n) is 4.08. The molecule has 0 aliphatic heterocycles. The molecule has 1 heterocycles. The summed E-state index contributed by atoms with van der Waals surface area (Å²) in [6.45, 7) is 5.69. The van der Waals surface area contributed by atoms with Gasteiger partial charge in [0.05, 0.1) is 12.1 Å². The molecule has 0 bridgehead atoms. The average molecular weight is 266 g/mol. The molecule has 20 heavy (non-hydrogen) atoms. The molecular weight excluding hydrogens is 252 g/mol. The molecule has 0 amide bonds. The standard InChI is InChI=1S/C16H14N2O2/c1-3-18-11-13(14-7-5-6-8-15(14)18)9-12(10-17)16(19)20-4-2/h3,5-9,11H,1,4H2,2H3/b12-9+.